The van der Waals surface area contributed by atoms with E-state index in [2.05, 4.69) is 30.0 Å². The van der Waals surface area contributed by atoms with Crippen molar-refractivity contribution in [2.24, 2.45) is 0 Å². The Morgan fingerprint density at radius 1 is 1.20 bits per heavy atom. The van der Waals surface area contributed by atoms with Crippen molar-refractivity contribution in [1.29, 1.82) is 0 Å². The molecule has 1 aliphatic carbocycles. The van der Waals surface area contributed by atoms with Gasteiger partial charge < -0.3 is 4.84 Å². The Balaban J connectivity index is 2.38. The molecule has 3 rings (SSSR count). The first-order valence-corrected chi connectivity index (χ1v) is 4.93. The molecule has 0 fully saturated rings. The molecule has 1 unspecified atom stereocenters. The van der Waals surface area contributed by atoms with Gasteiger partial charge in [0.05, 0.1) is 6.04 Å². The van der Waals surface area contributed by atoms with Crippen LogP contribution in [0, 0.1) is 0 Å². The summed E-state index contributed by atoms with van der Waals surface area (Å²) >= 11 is 0. The molecule has 0 aromatic heterocycles. The van der Waals surface area contributed by atoms with E-state index in [-0.39, 0.29) is 6.04 Å². The van der Waals surface area contributed by atoms with E-state index in [0.717, 1.165) is 5.22 Å². The first kappa shape index (κ1) is 8.50. The highest BCUT2D eigenvalue weighted by Crippen LogP contribution is 2.11. The van der Waals surface area contributed by atoms with Crippen LogP contribution in [-0.2, 0) is 4.84 Å². The largest absolute Gasteiger partial charge is 0.403 e. The lowest BCUT2D eigenvalue weighted by Crippen LogP contribution is -2.31. The van der Waals surface area contributed by atoms with Gasteiger partial charge in [-0.3, -0.25) is 0 Å². The van der Waals surface area contributed by atoms with Gasteiger partial charge in [-0.1, -0.05) is 48.6 Å². The molecule has 73 valence electrons. The summed E-state index contributed by atoms with van der Waals surface area (Å²) in [7, 11) is 0. The molecule has 2 nitrogen and oxygen atoms in total. The molecular formula is C13H10NO. The molecule has 15 heavy (non-hydrogen) atoms. The third kappa shape index (κ3) is 1.39. The summed E-state index contributed by atoms with van der Waals surface area (Å²) in [6, 6.07) is 8.22. The fourth-order valence-electron chi connectivity index (χ4n) is 1.87. The summed E-state index contributed by atoms with van der Waals surface area (Å²) in [4.78, 5) is 5.18. The number of fused-ring (bicyclic) bond motifs is 2. The van der Waals surface area contributed by atoms with E-state index in [1.807, 2.05) is 30.4 Å². The fourth-order valence-corrected chi connectivity index (χ4v) is 1.87. The number of nitrogens with one attached hydrogen (secondary N) is 1. The minimum atomic E-state index is 0.117. The number of hydrogen-bond donors (Lipinski definition) is 1. The smallest absolute Gasteiger partial charge is 0.200 e. The van der Waals surface area contributed by atoms with Crippen molar-refractivity contribution in [2.75, 3.05) is 0 Å². The van der Waals surface area contributed by atoms with Crippen LogP contribution in [0.25, 0.3) is 11.8 Å². The highest BCUT2D eigenvalue weighted by molar-refractivity contribution is 5.67. The van der Waals surface area contributed by atoms with Gasteiger partial charge in [0.15, 0.2) is 6.26 Å². The summed E-state index contributed by atoms with van der Waals surface area (Å²) in [6.45, 7) is 0. The zero-order valence-corrected chi connectivity index (χ0v) is 8.10. The zero-order chi connectivity index (χ0) is 10.1. The molecule has 0 saturated heterocycles. The molecular weight excluding hydrogens is 186 g/mol. The molecule has 1 N–H and O–H groups in total. The van der Waals surface area contributed by atoms with E-state index < -0.39 is 0 Å². The average molecular weight is 196 g/mol. The molecule has 2 aliphatic rings. The van der Waals surface area contributed by atoms with E-state index in [1.54, 1.807) is 0 Å². The molecule has 1 aliphatic heterocycles. The number of hydroxylamine groups is 1. The van der Waals surface area contributed by atoms with Crippen molar-refractivity contribution in [3.05, 3.63) is 59.0 Å². The molecule has 1 radical (unpaired) electrons. The Morgan fingerprint density at radius 3 is 3.13 bits per heavy atom. The normalized spacial score (nSPS) is 22.1. The van der Waals surface area contributed by atoms with Gasteiger partial charge in [-0.25, -0.2) is 0 Å². The van der Waals surface area contributed by atoms with E-state index in [1.165, 1.54) is 10.8 Å². The quantitative estimate of drug-likeness (QED) is 0.651. The molecule has 2 heteroatoms. The molecule has 1 atom stereocenters. The zero-order valence-electron chi connectivity index (χ0n) is 8.10. The van der Waals surface area contributed by atoms with Gasteiger partial charge in [-0.05, 0) is 10.8 Å². The molecule has 0 bridgehead atoms. The predicted octanol–water partition coefficient (Wildman–Crippen LogP) is 0.482. The van der Waals surface area contributed by atoms with Gasteiger partial charge >= 0.3 is 0 Å². The minimum Gasteiger partial charge on any atom is -0.403 e. The Morgan fingerprint density at radius 2 is 2.13 bits per heavy atom. The van der Waals surface area contributed by atoms with Gasteiger partial charge in [0.1, 0.15) is 0 Å². The summed E-state index contributed by atoms with van der Waals surface area (Å²) in [5, 5.41) is 2.16. The number of benzene rings is 1. The molecule has 0 spiro atoms. The first-order chi connectivity index (χ1) is 7.45. The van der Waals surface area contributed by atoms with Crippen molar-refractivity contribution < 1.29 is 4.84 Å². The van der Waals surface area contributed by atoms with Crippen LogP contribution in [-0.4, -0.2) is 6.04 Å². The maximum atomic E-state index is 5.18. The Labute approximate surface area is 87.8 Å². The minimum absolute atomic E-state index is 0.117. The highest BCUT2D eigenvalue weighted by Gasteiger charge is 2.14. The topological polar surface area (TPSA) is 21.3 Å². The Bertz CT molecular complexity index is 554. The summed E-state index contributed by atoms with van der Waals surface area (Å²) in [6.07, 6.45) is 11.1. The van der Waals surface area contributed by atoms with Crippen molar-refractivity contribution in [2.45, 2.75) is 6.04 Å². The molecule has 1 aromatic rings. The second kappa shape index (κ2) is 3.41. The van der Waals surface area contributed by atoms with Crippen molar-refractivity contribution in [3.8, 4) is 0 Å². The molecule has 1 heterocycles. The van der Waals surface area contributed by atoms with Crippen LogP contribution in [0.1, 0.15) is 0 Å². The lowest BCUT2D eigenvalue weighted by atomic mass is 9.99. The van der Waals surface area contributed by atoms with Crippen molar-refractivity contribution in [1.82, 2.24) is 5.48 Å². The van der Waals surface area contributed by atoms with E-state index in [4.69, 9.17) is 4.84 Å². The lowest BCUT2D eigenvalue weighted by Gasteiger charge is -2.15. The van der Waals surface area contributed by atoms with Crippen molar-refractivity contribution in [3.63, 3.8) is 0 Å². The molecule has 0 saturated carbocycles. The summed E-state index contributed by atoms with van der Waals surface area (Å²) in [5.74, 6) is 0. The second-order valence-corrected chi connectivity index (χ2v) is 3.54. The van der Waals surface area contributed by atoms with Crippen LogP contribution in [0.4, 0.5) is 0 Å². The predicted molar refractivity (Wildman–Crippen MR) is 58.8 cm³/mol. The number of rotatable bonds is 0. The van der Waals surface area contributed by atoms with E-state index >= 15 is 0 Å². The van der Waals surface area contributed by atoms with E-state index in [9.17, 15) is 0 Å². The van der Waals surface area contributed by atoms with Gasteiger partial charge in [-0.15, -0.1) is 5.48 Å². The summed E-state index contributed by atoms with van der Waals surface area (Å²) in [5.41, 5.74) is 4.16. The van der Waals surface area contributed by atoms with Crippen molar-refractivity contribution >= 4 is 11.8 Å². The molecule has 1 aromatic carbocycles. The molecule has 0 amide bonds. The Hall–Kier alpha value is -1.80. The van der Waals surface area contributed by atoms with Gasteiger partial charge in [-0.2, -0.15) is 0 Å². The van der Waals surface area contributed by atoms with Crippen LogP contribution >= 0.6 is 0 Å². The monoisotopic (exact) mass is 196 g/mol. The van der Waals surface area contributed by atoms with Crippen LogP contribution in [0.5, 0.6) is 0 Å². The Kier molecular flexibility index (Phi) is 1.93. The van der Waals surface area contributed by atoms with Crippen LogP contribution in [0.2, 0.25) is 0 Å². The summed E-state index contributed by atoms with van der Waals surface area (Å²) < 4.78 is 0. The second-order valence-electron chi connectivity index (χ2n) is 3.54. The van der Waals surface area contributed by atoms with E-state index in [0.29, 0.717) is 0 Å². The van der Waals surface area contributed by atoms with Gasteiger partial charge in [0.2, 0.25) is 0 Å². The van der Waals surface area contributed by atoms with Crippen LogP contribution < -0.4 is 15.9 Å². The standard InChI is InChI=1S/C13H10NO/c1-2-6-11-10(5-1)9-15-14-13-8-4-3-7-12(11)13/h1-8,13-14H. The first-order valence-electron chi connectivity index (χ1n) is 4.93. The number of hydrogen-bond acceptors (Lipinski definition) is 2. The SMILES string of the molecule is [C]1=c2ccccc2=C2C=CC=CC2NO1. The highest BCUT2D eigenvalue weighted by atomic mass is 16.6. The number of allylic oxidation sites excluding steroid dienone is 2. The third-order valence-corrected chi connectivity index (χ3v) is 2.61. The third-order valence-electron chi connectivity index (χ3n) is 2.61. The van der Waals surface area contributed by atoms with Gasteiger partial charge in [0, 0.05) is 5.22 Å². The maximum absolute atomic E-state index is 5.18. The maximum Gasteiger partial charge on any atom is 0.200 e. The average Bonchev–Trinajstić information content (AvgIpc) is 2.48. The van der Waals surface area contributed by atoms with Crippen LogP contribution in [0.3, 0.4) is 0 Å². The lowest BCUT2D eigenvalue weighted by molar-refractivity contribution is 0.167. The van der Waals surface area contributed by atoms with Gasteiger partial charge in [0.25, 0.3) is 0 Å². The fraction of sp³-hybridized carbons (Fsp3) is 0.0769. The van der Waals surface area contributed by atoms with Crippen LogP contribution in [0.15, 0.2) is 48.6 Å².